The Hall–Kier alpha value is -2.70. The number of hydrazine groups is 1. The zero-order chi connectivity index (χ0) is 27.7. The third-order valence-corrected chi connectivity index (χ3v) is 8.00. The largest absolute Gasteiger partial charge is 0.367 e. The summed E-state index contributed by atoms with van der Waals surface area (Å²) in [5.41, 5.74) is 7.67. The molecule has 1 amide bonds. The van der Waals surface area contributed by atoms with Crippen LogP contribution in [0.2, 0.25) is 0 Å². The lowest BCUT2D eigenvalue weighted by Crippen LogP contribution is -2.50. The number of anilines is 1. The summed E-state index contributed by atoms with van der Waals surface area (Å²) in [5.74, 6) is -1.95. The number of carbonyl (C=O) groups is 1. The van der Waals surface area contributed by atoms with Crippen molar-refractivity contribution in [3.8, 4) is 0 Å². The molecule has 4 atom stereocenters. The van der Waals surface area contributed by atoms with Gasteiger partial charge in [0.25, 0.3) is 5.91 Å². The minimum absolute atomic E-state index is 0.0223. The van der Waals surface area contributed by atoms with E-state index in [9.17, 15) is 9.18 Å². The maximum atomic E-state index is 15.1. The van der Waals surface area contributed by atoms with Gasteiger partial charge in [-0.15, -0.1) is 0 Å². The van der Waals surface area contributed by atoms with Gasteiger partial charge < -0.3 is 25.8 Å². The number of nitrogens with zero attached hydrogens (tertiary/aromatic N) is 2. The Labute approximate surface area is 227 Å². The fourth-order valence-electron chi connectivity index (χ4n) is 5.70. The van der Waals surface area contributed by atoms with Gasteiger partial charge in [0.05, 0.1) is 11.9 Å². The molecule has 2 aromatic carbocycles. The van der Waals surface area contributed by atoms with E-state index in [1.54, 1.807) is 6.07 Å². The predicted molar refractivity (Wildman–Crippen MR) is 145 cm³/mol. The quantitative estimate of drug-likeness (QED) is 0.365. The zero-order valence-corrected chi connectivity index (χ0v) is 22.7. The Bertz CT molecular complexity index is 1160. The first-order chi connectivity index (χ1) is 18.7. The van der Waals surface area contributed by atoms with E-state index >= 15 is 8.78 Å². The van der Waals surface area contributed by atoms with E-state index in [4.69, 9.17) is 0 Å². The lowest BCUT2D eigenvalue weighted by atomic mass is 9.84. The van der Waals surface area contributed by atoms with Crippen LogP contribution in [0, 0.1) is 23.4 Å². The molecule has 3 saturated heterocycles. The van der Waals surface area contributed by atoms with E-state index in [1.807, 2.05) is 25.8 Å². The molecular weight excluding hydrogens is 507 g/mol. The molecule has 0 spiro atoms. The van der Waals surface area contributed by atoms with Crippen LogP contribution in [0.5, 0.6) is 0 Å². The number of hydrogen-bond donors (Lipinski definition) is 5. The van der Waals surface area contributed by atoms with E-state index < -0.39 is 23.8 Å². The molecule has 8 nitrogen and oxygen atoms in total. The van der Waals surface area contributed by atoms with E-state index in [1.165, 1.54) is 24.3 Å². The summed E-state index contributed by atoms with van der Waals surface area (Å²) < 4.78 is 44.8. The van der Waals surface area contributed by atoms with Crippen LogP contribution in [-0.4, -0.2) is 68.8 Å². The number of rotatable bonds is 7. The number of piperidine rings is 1. The summed E-state index contributed by atoms with van der Waals surface area (Å²) in [5, 5.41) is 9.44. The van der Waals surface area contributed by atoms with Gasteiger partial charge in [-0.2, -0.15) is 0 Å². The van der Waals surface area contributed by atoms with Gasteiger partial charge in [0, 0.05) is 74.4 Å². The Morgan fingerprint density at radius 3 is 2.44 bits per heavy atom. The molecule has 0 saturated carbocycles. The molecule has 0 aromatic heterocycles. The number of likely N-dealkylation sites (N-methyl/N-ethyl adjacent to an activating group) is 1. The summed E-state index contributed by atoms with van der Waals surface area (Å²) in [7, 11) is 2.03. The van der Waals surface area contributed by atoms with Crippen LogP contribution in [0.1, 0.15) is 47.8 Å². The molecule has 4 unspecified atom stereocenters. The molecule has 0 aliphatic carbocycles. The van der Waals surface area contributed by atoms with Crippen LogP contribution in [0.4, 0.5) is 18.9 Å². The average molecular weight is 546 g/mol. The Kier molecular flexibility index (Phi) is 8.43. The van der Waals surface area contributed by atoms with Crippen molar-refractivity contribution in [1.82, 2.24) is 31.7 Å². The highest BCUT2D eigenvalue weighted by Gasteiger charge is 2.42. The molecule has 0 bridgehead atoms. The Morgan fingerprint density at radius 1 is 1.03 bits per heavy atom. The topological polar surface area (TPSA) is 83.7 Å². The maximum Gasteiger partial charge on any atom is 0.252 e. The van der Waals surface area contributed by atoms with Crippen molar-refractivity contribution in [3.05, 3.63) is 64.5 Å². The van der Waals surface area contributed by atoms with Crippen LogP contribution in [-0.2, 0) is 6.54 Å². The van der Waals surface area contributed by atoms with Gasteiger partial charge in [-0.25, -0.2) is 18.6 Å². The number of carbonyl (C=O) groups excluding carboxylic acids is 1. The highest BCUT2D eigenvalue weighted by Crippen LogP contribution is 2.34. The van der Waals surface area contributed by atoms with Crippen molar-refractivity contribution in [2.24, 2.45) is 5.92 Å². The number of benzene rings is 2. The average Bonchev–Trinajstić information content (AvgIpc) is 3.30. The zero-order valence-electron chi connectivity index (χ0n) is 22.7. The summed E-state index contributed by atoms with van der Waals surface area (Å²) >= 11 is 0. The van der Waals surface area contributed by atoms with E-state index in [-0.39, 0.29) is 35.3 Å². The number of halogens is 3. The SMILES string of the molecule is CC(C)NCc1cc(F)c(C2CC3C(CN2)NNC3NC(=O)c2ccc(F)c(N3CCN(C)CC3)c2)c(F)c1. The number of nitrogens with one attached hydrogen (secondary N) is 5. The first kappa shape index (κ1) is 27.9. The molecule has 2 aromatic rings. The normalized spacial score (nSPS) is 25.7. The molecular formula is C28H38F3N7O. The highest BCUT2D eigenvalue weighted by molar-refractivity contribution is 5.95. The second-order valence-electron chi connectivity index (χ2n) is 11.2. The highest BCUT2D eigenvalue weighted by atomic mass is 19.1. The van der Waals surface area contributed by atoms with Gasteiger partial charge >= 0.3 is 0 Å². The molecule has 3 aliphatic heterocycles. The lowest BCUT2D eigenvalue weighted by molar-refractivity contribution is 0.0913. The van der Waals surface area contributed by atoms with Crippen LogP contribution in [0.3, 0.4) is 0 Å². The minimum atomic E-state index is -0.575. The number of piperazine rings is 1. The molecule has 3 fully saturated rings. The number of hydrogen-bond acceptors (Lipinski definition) is 7. The van der Waals surface area contributed by atoms with Gasteiger partial charge in [-0.05, 0) is 49.4 Å². The van der Waals surface area contributed by atoms with Crippen molar-refractivity contribution in [2.45, 2.75) is 51.1 Å². The standard InChI is InChI=1S/C28H38F3N7O/c1-16(2)32-14-17-10-21(30)26(22(31)11-17)23-13-19-24(15-33-23)35-36-27(19)34-28(39)18-4-5-20(29)25(12-18)38-8-6-37(3)7-9-38/h4-5,10-12,16,19,23-24,27,32-33,35-36H,6-9,13-15H2,1-3H3,(H,34,39). The molecule has 5 rings (SSSR count). The first-order valence-corrected chi connectivity index (χ1v) is 13.7. The molecule has 11 heteroatoms. The van der Waals surface area contributed by atoms with E-state index in [0.717, 1.165) is 13.1 Å². The monoisotopic (exact) mass is 545 g/mol. The second-order valence-corrected chi connectivity index (χ2v) is 11.2. The van der Waals surface area contributed by atoms with Crippen molar-refractivity contribution in [3.63, 3.8) is 0 Å². The van der Waals surface area contributed by atoms with Gasteiger partial charge in [-0.1, -0.05) is 13.8 Å². The van der Waals surface area contributed by atoms with Gasteiger partial charge in [0.2, 0.25) is 0 Å². The summed E-state index contributed by atoms with van der Waals surface area (Å²) in [4.78, 5) is 17.4. The van der Waals surface area contributed by atoms with Crippen LogP contribution in [0.25, 0.3) is 0 Å². The third kappa shape index (κ3) is 6.22. The smallest absolute Gasteiger partial charge is 0.252 e. The fourth-order valence-corrected chi connectivity index (χ4v) is 5.70. The summed E-state index contributed by atoms with van der Waals surface area (Å²) in [6, 6.07) is 6.83. The second kappa shape index (κ2) is 11.8. The van der Waals surface area contributed by atoms with Crippen molar-refractivity contribution in [2.75, 3.05) is 44.7 Å². The summed E-state index contributed by atoms with van der Waals surface area (Å²) in [6.07, 6.45) is -0.0342. The minimum Gasteiger partial charge on any atom is -0.367 e. The third-order valence-electron chi connectivity index (χ3n) is 8.00. The first-order valence-electron chi connectivity index (χ1n) is 13.7. The molecule has 39 heavy (non-hydrogen) atoms. The van der Waals surface area contributed by atoms with Gasteiger partial charge in [-0.3, -0.25) is 10.2 Å². The van der Waals surface area contributed by atoms with E-state index in [2.05, 4.69) is 31.7 Å². The van der Waals surface area contributed by atoms with Gasteiger partial charge in [0.1, 0.15) is 17.5 Å². The van der Waals surface area contributed by atoms with E-state index in [0.29, 0.717) is 49.4 Å². The summed E-state index contributed by atoms with van der Waals surface area (Å²) in [6.45, 7) is 7.84. The predicted octanol–water partition coefficient (Wildman–Crippen LogP) is 2.24. The van der Waals surface area contributed by atoms with Crippen molar-refractivity contribution in [1.29, 1.82) is 0 Å². The molecule has 5 N–H and O–H groups in total. The van der Waals surface area contributed by atoms with Crippen molar-refractivity contribution >= 4 is 11.6 Å². The van der Waals surface area contributed by atoms with Crippen LogP contribution in [0.15, 0.2) is 30.3 Å². The van der Waals surface area contributed by atoms with Crippen molar-refractivity contribution < 1.29 is 18.0 Å². The van der Waals surface area contributed by atoms with Gasteiger partial charge in [0.15, 0.2) is 0 Å². The fraction of sp³-hybridized carbons (Fsp3) is 0.536. The molecule has 3 aliphatic rings. The van der Waals surface area contributed by atoms with Crippen LogP contribution >= 0.6 is 0 Å². The maximum absolute atomic E-state index is 15.1. The Morgan fingerprint density at radius 2 is 1.74 bits per heavy atom. The Balaban J connectivity index is 1.27. The molecule has 0 radical (unpaired) electrons. The number of fused-ring (bicyclic) bond motifs is 1. The van der Waals surface area contributed by atoms with Crippen LogP contribution < -0.4 is 31.7 Å². The lowest BCUT2D eigenvalue weighted by Gasteiger charge is -2.35. The molecule has 212 valence electrons. The molecule has 3 heterocycles. The number of amides is 1.